The van der Waals surface area contributed by atoms with E-state index in [1.807, 2.05) is 14.0 Å². The van der Waals surface area contributed by atoms with Crippen molar-refractivity contribution in [1.29, 1.82) is 0 Å². The molecule has 0 radical (unpaired) electrons. The molecule has 0 aliphatic heterocycles. The molecule has 0 amide bonds. The summed E-state index contributed by atoms with van der Waals surface area (Å²) >= 11 is 0. The van der Waals surface area contributed by atoms with Crippen molar-refractivity contribution in [3.05, 3.63) is 22.2 Å². The third-order valence-electron chi connectivity index (χ3n) is 3.76. The summed E-state index contributed by atoms with van der Waals surface area (Å²) < 4.78 is 0. The van der Waals surface area contributed by atoms with E-state index in [0.29, 0.717) is 12.1 Å². The molecule has 0 saturated heterocycles. The van der Waals surface area contributed by atoms with Crippen LogP contribution < -0.4 is 16.2 Å². The number of anilines is 1. The van der Waals surface area contributed by atoms with Crippen molar-refractivity contribution in [3.8, 4) is 0 Å². The van der Waals surface area contributed by atoms with Crippen LogP contribution in [-0.4, -0.2) is 29.1 Å². The molecule has 1 aliphatic rings. The lowest BCUT2D eigenvalue weighted by Crippen LogP contribution is -2.39. The van der Waals surface area contributed by atoms with Crippen LogP contribution in [0.25, 0.3) is 0 Å². The van der Waals surface area contributed by atoms with Gasteiger partial charge in [0, 0.05) is 31.6 Å². The van der Waals surface area contributed by atoms with Crippen molar-refractivity contribution < 1.29 is 0 Å². The minimum absolute atomic E-state index is 0.0730. The number of nitrogens with two attached hydrogens (primary N) is 1. The van der Waals surface area contributed by atoms with Crippen molar-refractivity contribution in [2.75, 3.05) is 11.9 Å². The fraction of sp³-hybridized carbons (Fsp3) is 0.692. The molecule has 1 fully saturated rings. The van der Waals surface area contributed by atoms with E-state index in [9.17, 15) is 4.79 Å². The topological polar surface area (TPSA) is 75.0 Å². The van der Waals surface area contributed by atoms with Crippen LogP contribution in [-0.2, 0) is 6.42 Å². The summed E-state index contributed by atoms with van der Waals surface area (Å²) in [6.07, 6.45) is 5.01. The fourth-order valence-electron chi connectivity index (χ4n) is 2.52. The fourth-order valence-corrected chi connectivity index (χ4v) is 2.52. The summed E-state index contributed by atoms with van der Waals surface area (Å²) in [5, 5.41) is 0. The summed E-state index contributed by atoms with van der Waals surface area (Å²) in [5.74, 6) is 1.52. The van der Waals surface area contributed by atoms with E-state index >= 15 is 0 Å². The van der Waals surface area contributed by atoms with Gasteiger partial charge in [0.1, 0.15) is 11.6 Å². The lowest BCUT2D eigenvalue weighted by atomic mass is 9.91. The molecule has 1 aromatic rings. The van der Waals surface area contributed by atoms with Gasteiger partial charge in [-0.25, -0.2) is 4.98 Å². The third kappa shape index (κ3) is 2.90. The van der Waals surface area contributed by atoms with E-state index in [1.165, 1.54) is 0 Å². The third-order valence-corrected chi connectivity index (χ3v) is 3.76. The molecule has 1 aromatic heterocycles. The highest BCUT2D eigenvalue weighted by Crippen LogP contribution is 2.23. The first-order valence-electron chi connectivity index (χ1n) is 6.68. The molecule has 3 N–H and O–H groups in total. The summed E-state index contributed by atoms with van der Waals surface area (Å²) in [5.41, 5.74) is 5.84. The van der Waals surface area contributed by atoms with Crippen molar-refractivity contribution >= 4 is 5.82 Å². The van der Waals surface area contributed by atoms with Crippen molar-refractivity contribution in [2.45, 2.75) is 51.1 Å². The molecule has 1 aliphatic carbocycles. The van der Waals surface area contributed by atoms with Gasteiger partial charge >= 0.3 is 0 Å². The second-order valence-electron chi connectivity index (χ2n) is 5.08. The Morgan fingerprint density at radius 3 is 2.72 bits per heavy atom. The van der Waals surface area contributed by atoms with Gasteiger partial charge < -0.3 is 15.6 Å². The monoisotopic (exact) mass is 250 g/mol. The van der Waals surface area contributed by atoms with Gasteiger partial charge in [0.15, 0.2) is 0 Å². The van der Waals surface area contributed by atoms with Crippen LogP contribution in [0.5, 0.6) is 0 Å². The zero-order chi connectivity index (χ0) is 13.1. The molecule has 0 bridgehead atoms. The summed E-state index contributed by atoms with van der Waals surface area (Å²) in [4.78, 5) is 20.9. The second kappa shape index (κ2) is 5.52. The van der Waals surface area contributed by atoms with Crippen LogP contribution in [0.3, 0.4) is 0 Å². The van der Waals surface area contributed by atoms with E-state index in [1.54, 1.807) is 6.07 Å². The van der Waals surface area contributed by atoms with Crippen LogP contribution in [0.4, 0.5) is 5.82 Å². The van der Waals surface area contributed by atoms with Crippen LogP contribution in [0.15, 0.2) is 10.9 Å². The minimum Gasteiger partial charge on any atom is -0.356 e. The first-order chi connectivity index (χ1) is 8.60. The number of aromatic nitrogens is 2. The van der Waals surface area contributed by atoms with Gasteiger partial charge in [-0.2, -0.15) is 0 Å². The van der Waals surface area contributed by atoms with E-state index in [-0.39, 0.29) is 5.56 Å². The van der Waals surface area contributed by atoms with E-state index in [0.717, 1.165) is 43.7 Å². The van der Waals surface area contributed by atoms with Gasteiger partial charge in [-0.15, -0.1) is 0 Å². The molecule has 0 unspecified atom stereocenters. The highest BCUT2D eigenvalue weighted by atomic mass is 16.1. The Morgan fingerprint density at radius 1 is 1.44 bits per heavy atom. The molecular weight excluding hydrogens is 228 g/mol. The first kappa shape index (κ1) is 13.1. The minimum atomic E-state index is -0.0730. The second-order valence-corrected chi connectivity index (χ2v) is 5.08. The molecule has 5 heteroatoms. The Hall–Kier alpha value is -1.36. The van der Waals surface area contributed by atoms with Crippen molar-refractivity contribution in [2.24, 2.45) is 5.73 Å². The molecule has 0 atom stereocenters. The maximum Gasteiger partial charge on any atom is 0.252 e. The quantitative estimate of drug-likeness (QED) is 0.840. The number of hydrogen-bond acceptors (Lipinski definition) is 4. The molecule has 1 heterocycles. The van der Waals surface area contributed by atoms with Crippen LogP contribution >= 0.6 is 0 Å². The number of nitrogens with zero attached hydrogens (tertiary/aromatic N) is 2. The number of aryl methyl sites for hydroxylation is 1. The predicted octanol–water partition coefficient (Wildman–Crippen LogP) is 1.04. The van der Waals surface area contributed by atoms with Gasteiger partial charge in [0.25, 0.3) is 5.56 Å². The first-order valence-corrected chi connectivity index (χ1v) is 6.68. The summed E-state index contributed by atoms with van der Waals surface area (Å²) in [6, 6.07) is 2.37. The lowest BCUT2D eigenvalue weighted by molar-refractivity contribution is 0.383. The molecule has 0 spiro atoms. The Labute approximate surface area is 107 Å². The van der Waals surface area contributed by atoms with Crippen molar-refractivity contribution in [1.82, 2.24) is 9.97 Å². The number of H-pyrrole nitrogens is 1. The summed E-state index contributed by atoms with van der Waals surface area (Å²) in [7, 11) is 2.02. The predicted molar refractivity (Wildman–Crippen MR) is 72.9 cm³/mol. The lowest BCUT2D eigenvalue weighted by Gasteiger charge is -2.34. The zero-order valence-electron chi connectivity index (χ0n) is 11.1. The van der Waals surface area contributed by atoms with Crippen molar-refractivity contribution in [3.63, 3.8) is 0 Å². The highest BCUT2D eigenvalue weighted by molar-refractivity contribution is 5.37. The van der Waals surface area contributed by atoms with Crippen LogP contribution in [0.1, 0.15) is 38.4 Å². The largest absolute Gasteiger partial charge is 0.356 e. The Morgan fingerprint density at radius 2 is 2.11 bits per heavy atom. The maximum absolute atomic E-state index is 11.6. The molecule has 5 nitrogen and oxygen atoms in total. The maximum atomic E-state index is 11.6. The normalized spacial score (nSPS) is 23.9. The standard InChI is InChI=1S/C13H22N4O/c1-3-11-15-12(8-13(18)16-11)17(2)10-6-4-9(14)5-7-10/h8-10H,3-7,14H2,1-2H3,(H,15,16,18). The van der Waals surface area contributed by atoms with Gasteiger partial charge in [0.05, 0.1) is 0 Å². The van der Waals surface area contributed by atoms with Gasteiger partial charge in [-0.1, -0.05) is 6.92 Å². The van der Waals surface area contributed by atoms with Gasteiger partial charge in [0.2, 0.25) is 0 Å². The molecule has 18 heavy (non-hydrogen) atoms. The van der Waals surface area contributed by atoms with E-state index in [2.05, 4.69) is 14.9 Å². The Balaban J connectivity index is 2.15. The zero-order valence-corrected chi connectivity index (χ0v) is 11.1. The highest BCUT2D eigenvalue weighted by Gasteiger charge is 2.23. The van der Waals surface area contributed by atoms with E-state index in [4.69, 9.17) is 5.73 Å². The molecular formula is C13H22N4O. The molecule has 0 aromatic carbocycles. The number of nitrogens with one attached hydrogen (secondary N) is 1. The average Bonchev–Trinajstić information content (AvgIpc) is 2.38. The Kier molecular flexibility index (Phi) is 4.01. The van der Waals surface area contributed by atoms with Gasteiger partial charge in [-0.05, 0) is 25.7 Å². The Bertz CT molecular complexity index is 449. The van der Waals surface area contributed by atoms with Crippen LogP contribution in [0.2, 0.25) is 0 Å². The number of hydrogen-bond donors (Lipinski definition) is 2. The molecule has 100 valence electrons. The number of aromatic amines is 1. The molecule has 2 rings (SSSR count). The van der Waals surface area contributed by atoms with Gasteiger partial charge in [-0.3, -0.25) is 4.79 Å². The number of rotatable bonds is 3. The SMILES string of the molecule is CCc1nc(N(C)C2CCC(N)CC2)cc(=O)[nH]1. The smallest absolute Gasteiger partial charge is 0.252 e. The summed E-state index contributed by atoms with van der Waals surface area (Å²) in [6.45, 7) is 1.99. The van der Waals surface area contributed by atoms with Crippen LogP contribution in [0, 0.1) is 0 Å². The molecule has 1 saturated carbocycles. The average molecular weight is 250 g/mol. The van der Waals surface area contributed by atoms with E-state index < -0.39 is 0 Å².